The van der Waals surface area contributed by atoms with Gasteiger partial charge >= 0.3 is 0 Å². The molecule has 3 rings (SSSR count). The first-order valence-corrected chi connectivity index (χ1v) is 8.81. The summed E-state index contributed by atoms with van der Waals surface area (Å²) < 4.78 is 5.32. The lowest BCUT2D eigenvalue weighted by Gasteiger charge is -2.43. The molecular formula is C19H29N3O. The first-order valence-electron chi connectivity index (χ1n) is 8.81. The molecule has 4 nitrogen and oxygen atoms in total. The van der Waals surface area contributed by atoms with Gasteiger partial charge in [-0.15, -0.1) is 0 Å². The second-order valence-electron chi connectivity index (χ2n) is 7.35. The lowest BCUT2D eigenvalue weighted by atomic mass is 9.64. The molecule has 1 saturated carbocycles. The van der Waals surface area contributed by atoms with E-state index in [4.69, 9.17) is 9.73 Å². The van der Waals surface area contributed by atoms with E-state index in [-0.39, 0.29) is 10.8 Å². The Kier molecular flexibility index (Phi) is 4.90. The van der Waals surface area contributed by atoms with Crippen molar-refractivity contribution in [3.05, 3.63) is 35.9 Å². The summed E-state index contributed by atoms with van der Waals surface area (Å²) in [6, 6.07) is 10.9. The zero-order valence-electron chi connectivity index (χ0n) is 14.4. The van der Waals surface area contributed by atoms with Crippen LogP contribution in [-0.2, 0) is 10.2 Å². The van der Waals surface area contributed by atoms with Crippen molar-refractivity contribution in [2.24, 2.45) is 10.4 Å². The molecule has 1 aliphatic carbocycles. The Bertz CT molecular complexity index is 533. The summed E-state index contributed by atoms with van der Waals surface area (Å²) in [7, 11) is 0. The second kappa shape index (κ2) is 6.91. The van der Waals surface area contributed by atoms with Crippen LogP contribution in [0.25, 0.3) is 0 Å². The predicted octanol–water partition coefficient (Wildman–Crippen LogP) is 2.70. The van der Waals surface area contributed by atoms with Crippen LogP contribution in [0.4, 0.5) is 0 Å². The number of nitrogens with one attached hydrogen (secondary N) is 2. The van der Waals surface area contributed by atoms with Gasteiger partial charge in [-0.05, 0) is 25.3 Å². The topological polar surface area (TPSA) is 45.7 Å². The molecule has 23 heavy (non-hydrogen) atoms. The third-order valence-corrected chi connectivity index (χ3v) is 5.16. The average molecular weight is 315 g/mol. The van der Waals surface area contributed by atoms with Crippen LogP contribution in [0.2, 0.25) is 0 Å². The fourth-order valence-corrected chi connectivity index (χ4v) is 3.37. The van der Waals surface area contributed by atoms with Crippen LogP contribution >= 0.6 is 0 Å². The minimum Gasteiger partial charge on any atom is -0.380 e. The lowest BCUT2D eigenvalue weighted by molar-refractivity contribution is -0.0945. The van der Waals surface area contributed by atoms with Crippen LogP contribution in [-0.4, -0.2) is 38.8 Å². The van der Waals surface area contributed by atoms with E-state index in [1.165, 1.54) is 24.8 Å². The molecule has 2 fully saturated rings. The van der Waals surface area contributed by atoms with Gasteiger partial charge in [-0.25, -0.2) is 0 Å². The summed E-state index contributed by atoms with van der Waals surface area (Å²) >= 11 is 0. The maximum atomic E-state index is 5.32. The first-order chi connectivity index (χ1) is 11.2. The summed E-state index contributed by atoms with van der Waals surface area (Å²) in [5, 5.41) is 6.95. The highest BCUT2D eigenvalue weighted by Crippen LogP contribution is 2.43. The number of aliphatic imine (C=N–C) groups is 1. The molecule has 0 aromatic heterocycles. The van der Waals surface area contributed by atoms with Crippen molar-refractivity contribution in [2.75, 3.05) is 32.8 Å². The molecule has 126 valence electrons. The third-order valence-electron chi connectivity index (χ3n) is 5.16. The molecular weight excluding hydrogens is 286 g/mol. The molecule has 0 unspecified atom stereocenters. The van der Waals surface area contributed by atoms with Gasteiger partial charge < -0.3 is 15.4 Å². The highest BCUT2D eigenvalue weighted by molar-refractivity contribution is 5.80. The quantitative estimate of drug-likeness (QED) is 0.627. The number of nitrogens with zero attached hydrogens (tertiary/aromatic N) is 1. The summed E-state index contributed by atoms with van der Waals surface area (Å²) in [5.41, 5.74) is 1.95. The van der Waals surface area contributed by atoms with E-state index in [1.807, 2.05) is 0 Å². The number of benzene rings is 1. The Morgan fingerprint density at radius 2 is 1.91 bits per heavy atom. The van der Waals surface area contributed by atoms with Crippen molar-refractivity contribution in [2.45, 2.75) is 38.5 Å². The van der Waals surface area contributed by atoms with E-state index >= 15 is 0 Å². The number of hydrogen-bond acceptors (Lipinski definition) is 2. The van der Waals surface area contributed by atoms with Crippen molar-refractivity contribution < 1.29 is 4.74 Å². The molecule has 0 spiro atoms. The normalized spacial score (nSPS) is 21.9. The van der Waals surface area contributed by atoms with Crippen molar-refractivity contribution in [1.82, 2.24) is 10.6 Å². The van der Waals surface area contributed by atoms with E-state index in [9.17, 15) is 0 Å². The molecule has 0 bridgehead atoms. The monoisotopic (exact) mass is 315 g/mol. The maximum Gasteiger partial charge on any atom is 0.191 e. The Morgan fingerprint density at radius 3 is 2.43 bits per heavy atom. The zero-order valence-corrected chi connectivity index (χ0v) is 14.4. The van der Waals surface area contributed by atoms with Crippen molar-refractivity contribution >= 4 is 5.96 Å². The zero-order chi connectivity index (χ0) is 16.2. The molecule has 2 N–H and O–H groups in total. The van der Waals surface area contributed by atoms with Crippen LogP contribution < -0.4 is 10.6 Å². The summed E-state index contributed by atoms with van der Waals surface area (Å²) in [6.07, 6.45) is 3.84. The Balaban J connectivity index is 1.62. The molecule has 1 aromatic rings. The van der Waals surface area contributed by atoms with Gasteiger partial charge in [-0.1, -0.05) is 43.7 Å². The van der Waals surface area contributed by atoms with E-state index in [0.717, 1.165) is 38.8 Å². The highest BCUT2D eigenvalue weighted by atomic mass is 16.5. The SMILES string of the molecule is CCNC(=NCC1(C)COC1)NCC1(c2ccccc2)CCC1. The minimum absolute atomic E-state index is 0.218. The van der Waals surface area contributed by atoms with Crippen molar-refractivity contribution in [3.8, 4) is 0 Å². The van der Waals surface area contributed by atoms with Crippen molar-refractivity contribution in [1.29, 1.82) is 0 Å². The van der Waals surface area contributed by atoms with Gasteiger partial charge in [0.05, 0.1) is 19.8 Å². The van der Waals surface area contributed by atoms with Crippen LogP contribution in [0.3, 0.4) is 0 Å². The third kappa shape index (κ3) is 3.69. The van der Waals surface area contributed by atoms with Crippen LogP contribution in [0.15, 0.2) is 35.3 Å². The first kappa shape index (κ1) is 16.3. The highest BCUT2D eigenvalue weighted by Gasteiger charge is 2.38. The van der Waals surface area contributed by atoms with Gasteiger partial charge in [0.15, 0.2) is 5.96 Å². The molecule has 1 aromatic carbocycles. The lowest BCUT2D eigenvalue weighted by Crippen LogP contribution is -2.49. The molecule has 0 amide bonds. The van der Waals surface area contributed by atoms with E-state index in [1.54, 1.807) is 0 Å². The number of rotatable bonds is 6. The van der Waals surface area contributed by atoms with Gasteiger partial charge in [0.1, 0.15) is 0 Å². The summed E-state index contributed by atoms with van der Waals surface area (Å²) in [4.78, 5) is 4.78. The average Bonchev–Trinajstić information content (AvgIpc) is 2.50. The van der Waals surface area contributed by atoms with E-state index in [0.29, 0.717) is 0 Å². The van der Waals surface area contributed by atoms with Gasteiger partial charge in [0.25, 0.3) is 0 Å². The Hall–Kier alpha value is -1.55. The van der Waals surface area contributed by atoms with Crippen LogP contribution in [0, 0.1) is 5.41 Å². The predicted molar refractivity (Wildman–Crippen MR) is 94.9 cm³/mol. The minimum atomic E-state index is 0.218. The van der Waals surface area contributed by atoms with E-state index in [2.05, 4.69) is 54.8 Å². The van der Waals surface area contributed by atoms with Gasteiger partial charge in [0.2, 0.25) is 0 Å². The van der Waals surface area contributed by atoms with Gasteiger partial charge in [0, 0.05) is 23.9 Å². The molecule has 0 atom stereocenters. The summed E-state index contributed by atoms with van der Waals surface area (Å²) in [5.74, 6) is 0.933. The maximum absolute atomic E-state index is 5.32. The van der Waals surface area contributed by atoms with E-state index < -0.39 is 0 Å². The van der Waals surface area contributed by atoms with Crippen LogP contribution in [0.5, 0.6) is 0 Å². The van der Waals surface area contributed by atoms with Gasteiger partial charge in [-0.2, -0.15) is 0 Å². The fourth-order valence-electron chi connectivity index (χ4n) is 3.37. The fraction of sp³-hybridized carbons (Fsp3) is 0.632. The van der Waals surface area contributed by atoms with Gasteiger partial charge in [-0.3, -0.25) is 4.99 Å². The molecule has 1 aliphatic heterocycles. The number of guanidine groups is 1. The molecule has 1 saturated heterocycles. The molecule has 0 radical (unpaired) electrons. The number of hydrogen-bond donors (Lipinski definition) is 2. The van der Waals surface area contributed by atoms with Crippen molar-refractivity contribution in [3.63, 3.8) is 0 Å². The molecule has 2 aliphatic rings. The molecule has 4 heteroatoms. The Labute approximate surface area is 139 Å². The number of ether oxygens (including phenoxy) is 1. The smallest absolute Gasteiger partial charge is 0.191 e. The largest absolute Gasteiger partial charge is 0.380 e. The standard InChI is InChI=1S/C19H29N3O/c1-3-20-17(21-12-18(2)14-23-15-18)22-13-19(10-7-11-19)16-8-5-4-6-9-16/h4-6,8-9H,3,7,10-15H2,1-2H3,(H2,20,21,22). The second-order valence-corrected chi connectivity index (χ2v) is 7.35. The molecule has 1 heterocycles. The Morgan fingerprint density at radius 1 is 1.17 bits per heavy atom. The van der Waals surface area contributed by atoms with Crippen LogP contribution in [0.1, 0.15) is 38.7 Å². The summed E-state index contributed by atoms with van der Waals surface area (Å²) in [6.45, 7) is 8.66.